The highest BCUT2D eigenvalue weighted by atomic mass is 15.2. The van der Waals surface area contributed by atoms with E-state index < -0.39 is 0 Å². The van der Waals surface area contributed by atoms with Crippen molar-refractivity contribution in [1.29, 1.82) is 0 Å². The standard InChI is InChI=1S/C29H34N6/c1-18-26(33-28(31-18)24-6-4-16-30-24)22-12-8-20(9-13-22)21-10-14-23(15-11-21)27-19(2)32-29(34-27)25-7-5-17-35(25)3/h8-15,24-25,30H,4-7,16-17H2,1-3H3,(H,31,33)(H,32,34)/t24-,25-/m0/s1. The Kier molecular flexibility index (Phi) is 5.78. The summed E-state index contributed by atoms with van der Waals surface area (Å²) in [6.07, 6.45) is 4.78. The smallest absolute Gasteiger partial charge is 0.124 e. The number of H-pyrrole nitrogens is 2. The number of hydrogen-bond acceptors (Lipinski definition) is 4. The fourth-order valence-electron chi connectivity index (χ4n) is 5.68. The molecule has 6 nitrogen and oxygen atoms in total. The third-order valence-electron chi connectivity index (χ3n) is 7.71. The summed E-state index contributed by atoms with van der Waals surface area (Å²) in [7, 11) is 2.19. The number of likely N-dealkylation sites (tertiary alicyclic amines) is 1. The van der Waals surface area contributed by atoms with Gasteiger partial charge in [0.15, 0.2) is 0 Å². The zero-order valence-corrected chi connectivity index (χ0v) is 20.9. The molecule has 0 saturated carbocycles. The number of hydrogen-bond donors (Lipinski definition) is 3. The van der Waals surface area contributed by atoms with Crippen molar-refractivity contribution in [3.05, 3.63) is 71.6 Å². The van der Waals surface area contributed by atoms with E-state index in [1.54, 1.807) is 0 Å². The van der Waals surface area contributed by atoms with Crippen LogP contribution in [0.25, 0.3) is 33.6 Å². The van der Waals surface area contributed by atoms with Gasteiger partial charge in [0.25, 0.3) is 0 Å². The SMILES string of the molecule is Cc1nc([C@@H]2CCCN2)[nH]c1-c1ccc(-c2ccc(-c3[nH]c([C@@H]4CCCN4C)nc3C)cc2)cc1. The van der Waals surface area contributed by atoms with Gasteiger partial charge < -0.3 is 15.3 Å². The Hall–Kier alpha value is -3.22. The summed E-state index contributed by atoms with van der Waals surface area (Å²) in [6, 6.07) is 18.4. The topological polar surface area (TPSA) is 72.6 Å². The molecule has 0 amide bonds. The van der Waals surface area contributed by atoms with Gasteiger partial charge in [0.2, 0.25) is 0 Å². The normalized spacial score (nSPS) is 20.7. The number of imidazole rings is 2. The Morgan fingerprint density at radius 3 is 1.77 bits per heavy atom. The molecule has 2 aliphatic heterocycles. The molecule has 2 fully saturated rings. The lowest BCUT2D eigenvalue weighted by Crippen LogP contribution is -2.18. The molecule has 180 valence electrons. The second-order valence-electron chi connectivity index (χ2n) is 10.1. The van der Waals surface area contributed by atoms with E-state index in [4.69, 9.17) is 9.97 Å². The molecular formula is C29H34N6. The largest absolute Gasteiger partial charge is 0.340 e. The predicted molar refractivity (Wildman–Crippen MR) is 141 cm³/mol. The van der Waals surface area contributed by atoms with Crippen LogP contribution in [0, 0.1) is 13.8 Å². The Bertz CT molecular complexity index is 1310. The number of aryl methyl sites for hydroxylation is 2. The maximum atomic E-state index is 4.86. The summed E-state index contributed by atoms with van der Waals surface area (Å²) in [5.74, 6) is 2.16. The molecular weight excluding hydrogens is 432 g/mol. The van der Waals surface area contributed by atoms with Crippen molar-refractivity contribution in [3.63, 3.8) is 0 Å². The van der Waals surface area contributed by atoms with Crippen molar-refractivity contribution in [1.82, 2.24) is 30.2 Å². The van der Waals surface area contributed by atoms with Crippen LogP contribution in [-0.4, -0.2) is 45.0 Å². The number of nitrogens with one attached hydrogen (secondary N) is 3. The first kappa shape index (κ1) is 22.3. The average Bonchev–Trinajstić information content (AvgIpc) is 3.67. The van der Waals surface area contributed by atoms with Gasteiger partial charge in [-0.2, -0.15) is 0 Å². The molecule has 0 aliphatic carbocycles. The molecule has 0 spiro atoms. The van der Waals surface area contributed by atoms with Gasteiger partial charge in [-0.05, 0) is 81.9 Å². The first-order chi connectivity index (χ1) is 17.1. The van der Waals surface area contributed by atoms with Crippen LogP contribution in [0.4, 0.5) is 0 Å². The van der Waals surface area contributed by atoms with Crippen molar-refractivity contribution >= 4 is 0 Å². The first-order valence-electron chi connectivity index (χ1n) is 12.8. The van der Waals surface area contributed by atoms with Crippen LogP contribution in [0.5, 0.6) is 0 Å². The molecule has 2 atom stereocenters. The Morgan fingerprint density at radius 2 is 1.26 bits per heavy atom. The Morgan fingerprint density at radius 1 is 0.714 bits per heavy atom. The maximum Gasteiger partial charge on any atom is 0.124 e. The molecule has 6 heteroatoms. The summed E-state index contributed by atoms with van der Waals surface area (Å²) in [5, 5.41) is 3.53. The van der Waals surface area contributed by atoms with Crippen LogP contribution in [0.3, 0.4) is 0 Å². The van der Waals surface area contributed by atoms with Crippen LogP contribution >= 0.6 is 0 Å². The van der Waals surface area contributed by atoms with E-state index in [9.17, 15) is 0 Å². The van der Waals surface area contributed by atoms with Crippen molar-refractivity contribution in [2.75, 3.05) is 20.1 Å². The minimum absolute atomic E-state index is 0.355. The van der Waals surface area contributed by atoms with E-state index in [2.05, 4.69) is 89.6 Å². The molecule has 0 unspecified atom stereocenters. The second kappa shape index (κ2) is 9.10. The van der Waals surface area contributed by atoms with Crippen molar-refractivity contribution in [2.45, 2.75) is 51.6 Å². The highest BCUT2D eigenvalue weighted by Crippen LogP contribution is 2.33. The number of rotatable bonds is 5. The summed E-state index contributed by atoms with van der Waals surface area (Å²) in [5.41, 5.74) is 9.16. The minimum atomic E-state index is 0.355. The molecule has 0 radical (unpaired) electrons. The van der Waals surface area contributed by atoms with Crippen LogP contribution < -0.4 is 5.32 Å². The first-order valence-corrected chi connectivity index (χ1v) is 12.8. The highest BCUT2D eigenvalue weighted by molar-refractivity contribution is 5.72. The summed E-state index contributed by atoms with van der Waals surface area (Å²) >= 11 is 0. The van der Waals surface area contributed by atoms with Crippen LogP contribution in [0.2, 0.25) is 0 Å². The molecule has 2 aromatic heterocycles. The fourth-order valence-corrected chi connectivity index (χ4v) is 5.68. The molecule has 3 N–H and O–H groups in total. The molecule has 0 bridgehead atoms. The van der Waals surface area contributed by atoms with Gasteiger partial charge in [0.1, 0.15) is 11.6 Å². The monoisotopic (exact) mass is 466 g/mol. The van der Waals surface area contributed by atoms with Crippen molar-refractivity contribution in [3.8, 4) is 33.6 Å². The summed E-state index contributed by atoms with van der Waals surface area (Å²) in [6.45, 7) is 6.41. The lowest BCUT2D eigenvalue weighted by molar-refractivity contribution is 0.307. The van der Waals surface area contributed by atoms with Gasteiger partial charge >= 0.3 is 0 Å². The van der Waals surface area contributed by atoms with Crippen LogP contribution in [0.1, 0.15) is 60.8 Å². The number of nitrogens with zero attached hydrogens (tertiary/aromatic N) is 3. The molecule has 2 saturated heterocycles. The third kappa shape index (κ3) is 4.21. The molecule has 2 aromatic carbocycles. The zero-order chi connectivity index (χ0) is 23.9. The van der Waals surface area contributed by atoms with Crippen LogP contribution in [0.15, 0.2) is 48.5 Å². The van der Waals surface area contributed by atoms with E-state index in [1.807, 2.05) is 0 Å². The summed E-state index contributed by atoms with van der Waals surface area (Å²) in [4.78, 5) is 19.2. The van der Waals surface area contributed by atoms with Crippen molar-refractivity contribution < 1.29 is 0 Å². The number of benzene rings is 2. The van der Waals surface area contributed by atoms with E-state index in [0.29, 0.717) is 12.1 Å². The average molecular weight is 467 g/mol. The van der Waals surface area contributed by atoms with Gasteiger partial charge in [-0.1, -0.05) is 48.5 Å². The van der Waals surface area contributed by atoms with E-state index in [1.165, 1.54) is 41.5 Å². The predicted octanol–water partition coefficient (Wildman–Crippen LogP) is 5.94. The van der Waals surface area contributed by atoms with Gasteiger partial charge in [0, 0.05) is 0 Å². The van der Waals surface area contributed by atoms with E-state index in [0.717, 1.165) is 53.9 Å². The van der Waals surface area contributed by atoms with Gasteiger partial charge in [-0.25, -0.2) is 9.97 Å². The van der Waals surface area contributed by atoms with Crippen molar-refractivity contribution in [2.24, 2.45) is 0 Å². The molecule has 4 aromatic rings. The number of aromatic amines is 2. The molecule has 6 rings (SSSR count). The lowest BCUT2D eigenvalue weighted by atomic mass is 10.0. The van der Waals surface area contributed by atoms with Gasteiger partial charge in [-0.3, -0.25) is 4.90 Å². The fraction of sp³-hybridized carbons (Fsp3) is 0.379. The minimum Gasteiger partial charge on any atom is -0.340 e. The molecule has 35 heavy (non-hydrogen) atoms. The molecule has 4 heterocycles. The highest BCUT2D eigenvalue weighted by Gasteiger charge is 2.26. The Balaban J connectivity index is 1.21. The van der Waals surface area contributed by atoms with E-state index >= 15 is 0 Å². The number of aromatic nitrogens is 4. The summed E-state index contributed by atoms with van der Waals surface area (Å²) < 4.78 is 0. The third-order valence-corrected chi connectivity index (χ3v) is 7.71. The second-order valence-corrected chi connectivity index (χ2v) is 10.1. The maximum absolute atomic E-state index is 4.86. The quantitative estimate of drug-likeness (QED) is 0.340. The lowest BCUT2D eigenvalue weighted by Gasteiger charge is -2.16. The Labute approximate surface area is 207 Å². The zero-order valence-electron chi connectivity index (χ0n) is 20.9. The molecule has 2 aliphatic rings. The van der Waals surface area contributed by atoms with Crippen LogP contribution in [-0.2, 0) is 0 Å². The van der Waals surface area contributed by atoms with Gasteiger partial charge in [-0.15, -0.1) is 0 Å². The van der Waals surface area contributed by atoms with E-state index in [-0.39, 0.29) is 0 Å². The van der Waals surface area contributed by atoms with Gasteiger partial charge in [0.05, 0.1) is 34.9 Å².